The highest BCUT2D eigenvalue weighted by atomic mass is 16.3. The highest BCUT2D eigenvalue weighted by Gasteiger charge is 2.25. The molecule has 3 heteroatoms. The average Bonchev–Trinajstić information content (AvgIpc) is 2.75. The Kier molecular flexibility index (Phi) is 19.1. The first-order chi connectivity index (χ1) is 14.6. The Labute approximate surface area is 185 Å². The van der Waals surface area contributed by atoms with Crippen LogP contribution in [0.3, 0.4) is 0 Å². The number of carbonyl (C=O) groups is 1. The van der Waals surface area contributed by atoms with Gasteiger partial charge in [-0.05, 0) is 38.2 Å². The summed E-state index contributed by atoms with van der Waals surface area (Å²) in [6, 6.07) is 0. The van der Waals surface area contributed by atoms with Crippen LogP contribution in [0.15, 0.2) is 60.8 Å². The van der Waals surface area contributed by atoms with E-state index in [2.05, 4.69) is 44.3 Å². The molecule has 0 spiro atoms. The number of amides is 1. The molecule has 0 bridgehead atoms. The van der Waals surface area contributed by atoms with Crippen molar-refractivity contribution in [2.75, 3.05) is 6.54 Å². The summed E-state index contributed by atoms with van der Waals surface area (Å²) in [4.78, 5) is 12.0. The van der Waals surface area contributed by atoms with Gasteiger partial charge in [0.2, 0.25) is 5.91 Å². The fourth-order valence-corrected chi connectivity index (χ4v) is 2.93. The molecule has 0 saturated heterocycles. The quantitative estimate of drug-likeness (QED) is 0.144. The van der Waals surface area contributed by atoms with Crippen molar-refractivity contribution in [2.24, 2.45) is 0 Å². The molecule has 0 fully saturated rings. The van der Waals surface area contributed by atoms with E-state index in [4.69, 9.17) is 0 Å². The minimum absolute atomic E-state index is 0.123. The van der Waals surface area contributed by atoms with Gasteiger partial charge in [-0.25, -0.2) is 0 Å². The van der Waals surface area contributed by atoms with Gasteiger partial charge in [0, 0.05) is 6.54 Å². The fraction of sp³-hybridized carbons (Fsp3) is 0.593. The number of aliphatic hydroxyl groups is 1. The first-order valence-electron chi connectivity index (χ1n) is 11.9. The van der Waals surface area contributed by atoms with E-state index in [9.17, 15) is 9.90 Å². The highest BCUT2D eigenvalue weighted by molar-refractivity contribution is 5.87. The highest BCUT2D eigenvalue weighted by Crippen LogP contribution is 2.20. The summed E-state index contributed by atoms with van der Waals surface area (Å²) in [7, 11) is 0. The Morgan fingerprint density at radius 1 is 0.733 bits per heavy atom. The molecule has 0 aromatic carbocycles. The van der Waals surface area contributed by atoms with Crippen LogP contribution in [-0.2, 0) is 4.79 Å². The minimum Gasteiger partial charge on any atom is -0.388 e. The van der Waals surface area contributed by atoms with Gasteiger partial charge < -0.3 is 10.4 Å². The van der Waals surface area contributed by atoms with Gasteiger partial charge in [-0.3, -0.25) is 4.79 Å². The molecular weight excluding hydrogens is 370 g/mol. The molecule has 0 radical (unpaired) electrons. The molecule has 0 aliphatic rings. The van der Waals surface area contributed by atoms with Crippen LogP contribution in [-0.4, -0.2) is 23.2 Å². The molecule has 0 aliphatic carbocycles. The smallest absolute Gasteiger partial charge is 0.243 e. The van der Waals surface area contributed by atoms with E-state index in [0.717, 1.165) is 57.8 Å². The largest absolute Gasteiger partial charge is 0.388 e. The summed E-state index contributed by atoms with van der Waals surface area (Å²) < 4.78 is 0. The third kappa shape index (κ3) is 18.2. The number of rotatable bonds is 18. The SMILES string of the molecule is CCCCC=CC=CC=CC=CCCC=CC(=O)NCC(O)(CCCC)CCCC. The maximum atomic E-state index is 12.0. The summed E-state index contributed by atoms with van der Waals surface area (Å²) in [6.45, 7) is 6.78. The van der Waals surface area contributed by atoms with Gasteiger partial charge in [0.15, 0.2) is 0 Å². The van der Waals surface area contributed by atoms with Crippen LogP contribution in [0.1, 0.15) is 91.4 Å². The van der Waals surface area contributed by atoms with Crippen molar-refractivity contribution in [2.45, 2.75) is 97.0 Å². The number of unbranched alkanes of at least 4 members (excludes halogenated alkanes) is 5. The molecule has 0 atom stereocenters. The van der Waals surface area contributed by atoms with Crippen LogP contribution in [0, 0.1) is 0 Å². The Morgan fingerprint density at radius 3 is 1.80 bits per heavy atom. The Hall–Kier alpha value is -1.87. The van der Waals surface area contributed by atoms with E-state index in [1.54, 1.807) is 6.08 Å². The van der Waals surface area contributed by atoms with Crippen molar-refractivity contribution in [1.29, 1.82) is 0 Å². The van der Waals surface area contributed by atoms with E-state index in [1.807, 2.05) is 36.5 Å². The van der Waals surface area contributed by atoms with Gasteiger partial charge >= 0.3 is 0 Å². The zero-order chi connectivity index (χ0) is 22.3. The van der Waals surface area contributed by atoms with Crippen molar-refractivity contribution in [3.63, 3.8) is 0 Å². The number of carbonyl (C=O) groups excluding carboxylic acids is 1. The molecule has 170 valence electrons. The normalized spacial score (nSPS) is 13.1. The van der Waals surface area contributed by atoms with Crippen LogP contribution in [0.2, 0.25) is 0 Å². The number of hydrogen-bond donors (Lipinski definition) is 2. The summed E-state index contributed by atoms with van der Waals surface area (Å²) in [5.74, 6) is -0.123. The summed E-state index contributed by atoms with van der Waals surface area (Å²) in [5, 5.41) is 13.6. The fourth-order valence-electron chi connectivity index (χ4n) is 2.93. The molecule has 30 heavy (non-hydrogen) atoms. The maximum Gasteiger partial charge on any atom is 0.243 e. The van der Waals surface area contributed by atoms with Crippen molar-refractivity contribution in [1.82, 2.24) is 5.32 Å². The monoisotopic (exact) mass is 415 g/mol. The number of hydrogen-bond acceptors (Lipinski definition) is 2. The van der Waals surface area contributed by atoms with Gasteiger partial charge in [0.25, 0.3) is 0 Å². The van der Waals surface area contributed by atoms with E-state index < -0.39 is 5.60 Å². The van der Waals surface area contributed by atoms with Crippen LogP contribution in [0.25, 0.3) is 0 Å². The Morgan fingerprint density at radius 2 is 1.23 bits per heavy atom. The van der Waals surface area contributed by atoms with Crippen LogP contribution < -0.4 is 5.32 Å². The second-order valence-electron chi connectivity index (χ2n) is 7.90. The first-order valence-corrected chi connectivity index (χ1v) is 11.9. The molecule has 0 aromatic rings. The number of nitrogens with one attached hydrogen (secondary N) is 1. The summed E-state index contributed by atoms with van der Waals surface area (Å²) >= 11 is 0. The minimum atomic E-state index is -0.773. The lowest BCUT2D eigenvalue weighted by molar-refractivity contribution is -0.118. The third-order valence-electron chi connectivity index (χ3n) is 4.90. The van der Waals surface area contributed by atoms with Crippen molar-refractivity contribution < 1.29 is 9.90 Å². The van der Waals surface area contributed by atoms with Crippen molar-refractivity contribution in [3.05, 3.63) is 60.8 Å². The maximum absolute atomic E-state index is 12.0. The van der Waals surface area contributed by atoms with Crippen LogP contribution in [0.4, 0.5) is 0 Å². The van der Waals surface area contributed by atoms with E-state index in [1.165, 1.54) is 12.8 Å². The van der Waals surface area contributed by atoms with E-state index >= 15 is 0 Å². The summed E-state index contributed by atoms with van der Waals surface area (Å²) in [6.07, 6.45) is 30.9. The first kappa shape index (κ1) is 28.1. The lowest BCUT2D eigenvalue weighted by Crippen LogP contribution is -2.42. The Bertz CT molecular complexity index is 547. The number of allylic oxidation sites excluding steroid dienone is 9. The zero-order valence-corrected chi connectivity index (χ0v) is 19.6. The van der Waals surface area contributed by atoms with Gasteiger partial charge in [-0.2, -0.15) is 0 Å². The molecule has 0 aromatic heterocycles. The molecule has 0 saturated carbocycles. The van der Waals surface area contributed by atoms with Crippen molar-refractivity contribution in [3.8, 4) is 0 Å². The second kappa shape index (κ2) is 20.4. The zero-order valence-electron chi connectivity index (χ0n) is 19.6. The van der Waals surface area contributed by atoms with Gasteiger partial charge in [-0.15, -0.1) is 0 Å². The molecule has 2 N–H and O–H groups in total. The molecule has 0 unspecified atom stereocenters. The molecule has 3 nitrogen and oxygen atoms in total. The van der Waals surface area contributed by atoms with Crippen molar-refractivity contribution >= 4 is 5.91 Å². The topological polar surface area (TPSA) is 49.3 Å². The molecule has 0 aliphatic heterocycles. The van der Waals surface area contributed by atoms with Gasteiger partial charge in [0.1, 0.15) is 0 Å². The van der Waals surface area contributed by atoms with E-state index in [0.29, 0.717) is 6.54 Å². The molecule has 0 rings (SSSR count). The lowest BCUT2D eigenvalue weighted by atomic mass is 9.91. The van der Waals surface area contributed by atoms with Gasteiger partial charge in [-0.1, -0.05) is 114 Å². The molecular formula is C27H45NO2. The van der Waals surface area contributed by atoms with Crippen LogP contribution in [0.5, 0.6) is 0 Å². The molecule has 0 heterocycles. The predicted molar refractivity (Wildman–Crippen MR) is 131 cm³/mol. The third-order valence-corrected chi connectivity index (χ3v) is 4.90. The average molecular weight is 416 g/mol. The van der Waals surface area contributed by atoms with Gasteiger partial charge in [0.05, 0.1) is 5.60 Å². The standard InChI is InChI=1S/C27H45NO2/c1-4-7-10-11-12-13-14-15-16-17-18-19-20-21-22-26(29)28-25-27(30,23-8-5-2)24-9-6-3/h11-18,21-22,30H,4-10,19-20,23-25H2,1-3H3,(H,28,29). The van der Waals surface area contributed by atoms with E-state index in [-0.39, 0.29) is 5.91 Å². The Balaban J connectivity index is 4.04. The van der Waals surface area contributed by atoms with Crippen LogP contribution >= 0.6 is 0 Å². The lowest BCUT2D eigenvalue weighted by Gasteiger charge is -2.28. The summed E-state index contributed by atoms with van der Waals surface area (Å²) in [5.41, 5.74) is -0.773. The second-order valence-corrected chi connectivity index (χ2v) is 7.90. The predicted octanol–water partition coefficient (Wildman–Crippen LogP) is 6.97. The molecule has 1 amide bonds.